The first-order chi connectivity index (χ1) is 15.8. The second-order valence-corrected chi connectivity index (χ2v) is 11.8. The molecule has 0 aliphatic carbocycles. The first-order valence-corrected chi connectivity index (χ1v) is 13.5. The molecule has 6 nitrogen and oxygen atoms in total. The predicted octanol–water partition coefficient (Wildman–Crippen LogP) is 4.92. The molecule has 1 amide bonds. The number of carbonyl (C=O) groups excluding carboxylic acids is 2. The highest BCUT2D eigenvalue weighted by molar-refractivity contribution is 8.07. The molecule has 3 unspecified atom stereocenters. The van der Waals surface area contributed by atoms with Crippen molar-refractivity contribution in [2.45, 2.75) is 70.7 Å². The van der Waals surface area contributed by atoms with Crippen LogP contribution in [0.15, 0.2) is 45.6 Å². The van der Waals surface area contributed by atoms with Gasteiger partial charge in [0.05, 0.1) is 13.1 Å². The van der Waals surface area contributed by atoms with Gasteiger partial charge in [0.2, 0.25) is 5.91 Å². The number of hydrogen-bond acceptors (Lipinski definition) is 7. The quantitative estimate of drug-likeness (QED) is 0.529. The molecule has 0 aromatic carbocycles. The summed E-state index contributed by atoms with van der Waals surface area (Å²) in [6.45, 7) is 12.2. The van der Waals surface area contributed by atoms with Crippen LogP contribution < -0.4 is 0 Å². The maximum absolute atomic E-state index is 13.3. The Hall–Kier alpha value is -1.93. The van der Waals surface area contributed by atoms with Gasteiger partial charge in [-0.3, -0.25) is 14.6 Å². The van der Waals surface area contributed by atoms with Gasteiger partial charge < -0.3 is 14.7 Å². The van der Waals surface area contributed by atoms with E-state index in [-0.39, 0.29) is 29.0 Å². The minimum Gasteiger partial charge on any atom is -0.351 e. The molecule has 0 radical (unpaired) electrons. The Kier molecular flexibility index (Phi) is 7.43. The molecule has 8 heteroatoms. The zero-order chi connectivity index (χ0) is 23.7. The predicted molar refractivity (Wildman–Crippen MR) is 137 cm³/mol. The van der Waals surface area contributed by atoms with Crippen LogP contribution in [-0.4, -0.2) is 67.8 Å². The fraction of sp³-hybridized carbons (Fsp3) is 0.560. The number of piperidine rings is 1. The van der Waals surface area contributed by atoms with Crippen molar-refractivity contribution in [1.82, 2.24) is 19.7 Å². The highest BCUT2D eigenvalue weighted by Gasteiger charge is 2.43. The third-order valence-electron chi connectivity index (χ3n) is 7.03. The molecule has 33 heavy (non-hydrogen) atoms. The number of allylic oxidation sites excluding steroid dienone is 4. The molecule has 1 saturated heterocycles. The number of amides is 1. The van der Waals surface area contributed by atoms with E-state index < -0.39 is 0 Å². The largest absolute Gasteiger partial charge is 0.351 e. The van der Waals surface area contributed by atoms with Gasteiger partial charge in [0.15, 0.2) is 5.78 Å². The Morgan fingerprint density at radius 3 is 2.18 bits per heavy atom. The van der Waals surface area contributed by atoms with Crippen molar-refractivity contribution in [1.29, 1.82) is 0 Å². The summed E-state index contributed by atoms with van der Waals surface area (Å²) in [5.41, 5.74) is 2.80. The SMILES string of the molecule is CC1=C(C)N(CC(=O)c2ccccn2)C(C2SC(C)=C(C)N2CC(=O)N2CCCCC2C)S1. The van der Waals surface area contributed by atoms with E-state index in [0.717, 1.165) is 25.1 Å². The first-order valence-electron chi connectivity index (χ1n) is 11.7. The number of Topliss-reactive ketones (excluding diaryl/α,β-unsaturated/α-hetero) is 1. The maximum Gasteiger partial charge on any atom is 0.242 e. The molecule has 1 aromatic heterocycles. The van der Waals surface area contributed by atoms with E-state index in [0.29, 0.717) is 18.3 Å². The third-order valence-corrected chi connectivity index (χ3v) is 10.0. The van der Waals surface area contributed by atoms with Crippen LogP contribution in [0, 0.1) is 0 Å². The van der Waals surface area contributed by atoms with E-state index in [4.69, 9.17) is 0 Å². The lowest BCUT2D eigenvalue weighted by Gasteiger charge is -2.39. The van der Waals surface area contributed by atoms with Gasteiger partial charge in [0.1, 0.15) is 16.4 Å². The fourth-order valence-corrected chi connectivity index (χ4v) is 7.64. The van der Waals surface area contributed by atoms with E-state index in [1.807, 2.05) is 23.9 Å². The number of ketones is 1. The summed E-state index contributed by atoms with van der Waals surface area (Å²) in [5, 5.41) is 0.129. The molecular formula is C25H34N4O2S2. The summed E-state index contributed by atoms with van der Waals surface area (Å²) in [7, 11) is 0. The van der Waals surface area contributed by atoms with Crippen LogP contribution in [-0.2, 0) is 4.79 Å². The molecule has 0 bridgehead atoms. The standard InChI is InChI=1S/C25H34N4O2S2/c1-16-10-7-9-13-27(16)23(31)15-29-18(3)20(5)33-25(29)24-28(17(2)19(4)32-24)14-22(30)21-11-6-8-12-26-21/h6,8,11-12,16,24-25H,7,9-10,13-15H2,1-5H3. The van der Waals surface area contributed by atoms with Crippen LogP contribution in [0.1, 0.15) is 64.4 Å². The van der Waals surface area contributed by atoms with Gasteiger partial charge in [0, 0.05) is 40.0 Å². The Bertz CT molecular complexity index is 978. The van der Waals surface area contributed by atoms with Crippen LogP contribution in [0.3, 0.4) is 0 Å². The van der Waals surface area contributed by atoms with E-state index in [1.54, 1.807) is 24.0 Å². The average Bonchev–Trinajstić information content (AvgIpc) is 3.24. The highest BCUT2D eigenvalue weighted by atomic mass is 32.2. The van der Waals surface area contributed by atoms with Crippen molar-refractivity contribution in [2.24, 2.45) is 0 Å². The number of rotatable bonds is 6. The lowest BCUT2D eigenvalue weighted by molar-refractivity contribution is -0.135. The molecule has 3 aliphatic rings. The fourth-order valence-electron chi connectivity index (χ4n) is 4.76. The van der Waals surface area contributed by atoms with Gasteiger partial charge in [-0.05, 0) is 66.0 Å². The van der Waals surface area contributed by atoms with E-state index in [2.05, 4.69) is 54.3 Å². The minimum atomic E-state index is 0.0180. The van der Waals surface area contributed by atoms with Crippen molar-refractivity contribution >= 4 is 35.2 Å². The highest BCUT2D eigenvalue weighted by Crippen LogP contribution is 2.49. The summed E-state index contributed by atoms with van der Waals surface area (Å²) < 4.78 is 0. The minimum absolute atomic E-state index is 0.0180. The van der Waals surface area contributed by atoms with Gasteiger partial charge in [0.25, 0.3) is 0 Å². The average molecular weight is 487 g/mol. The van der Waals surface area contributed by atoms with Crippen LogP contribution in [0.25, 0.3) is 0 Å². The Morgan fingerprint density at radius 1 is 0.970 bits per heavy atom. The number of hydrogen-bond donors (Lipinski definition) is 0. The number of aromatic nitrogens is 1. The van der Waals surface area contributed by atoms with Crippen molar-refractivity contribution in [3.8, 4) is 0 Å². The second-order valence-electron chi connectivity index (χ2n) is 9.13. The third kappa shape index (κ3) is 4.97. The molecule has 3 atom stereocenters. The van der Waals surface area contributed by atoms with Crippen molar-refractivity contribution < 1.29 is 9.59 Å². The van der Waals surface area contributed by atoms with Crippen molar-refractivity contribution in [3.63, 3.8) is 0 Å². The molecule has 0 N–H and O–H groups in total. The van der Waals surface area contributed by atoms with Crippen LogP contribution in [0.4, 0.5) is 0 Å². The first kappa shape index (κ1) is 24.2. The van der Waals surface area contributed by atoms with Gasteiger partial charge >= 0.3 is 0 Å². The van der Waals surface area contributed by atoms with E-state index in [1.165, 1.54) is 21.9 Å². The van der Waals surface area contributed by atoms with Crippen LogP contribution >= 0.6 is 23.5 Å². The number of nitrogens with zero attached hydrogens (tertiary/aromatic N) is 4. The second kappa shape index (κ2) is 10.1. The summed E-state index contributed by atoms with van der Waals surface area (Å²) in [4.78, 5) is 39.6. The molecule has 0 spiro atoms. The normalized spacial score (nSPS) is 26.0. The zero-order valence-corrected chi connectivity index (χ0v) is 21.8. The maximum atomic E-state index is 13.3. The van der Waals surface area contributed by atoms with Crippen LogP contribution in [0.5, 0.6) is 0 Å². The summed E-state index contributed by atoms with van der Waals surface area (Å²) in [6.07, 6.45) is 5.04. The van der Waals surface area contributed by atoms with Crippen LogP contribution in [0.2, 0.25) is 0 Å². The Balaban J connectivity index is 1.53. The molecule has 1 aromatic rings. The molecule has 3 aliphatic heterocycles. The number of likely N-dealkylation sites (tertiary alicyclic amines) is 1. The number of pyridine rings is 1. The lowest BCUT2D eigenvalue weighted by atomic mass is 10.0. The molecule has 1 fully saturated rings. The van der Waals surface area contributed by atoms with Crippen molar-refractivity contribution in [3.05, 3.63) is 51.3 Å². The summed E-state index contributed by atoms with van der Waals surface area (Å²) in [5.74, 6) is 0.228. The monoisotopic (exact) mass is 486 g/mol. The topological polar surface area (TPSA) is 56.8 Å². The van der Waals surface area contributed by atoms with Gasteiger partial charge in [-0.2, -0.15) is 0 Å². The van der Waals surface area contributed by atoms with Crippen molar-refractivity contribution in [2.75, 3.05) is 19.6 Å². The zero-order valence-electron chi connectivity index (χ0n) is 20.2. The number of carbonyl (C=O) groups is 2. The lowest BCUT2D eigenvalue weighted by Crippen LogP contribution is -2.50. The van der Waals surface area contributed by atoms with Gasteiger partial charge in [-0.15, -0.1) is 23.5 Å². The molecule has 4 rings (SSSR count). The Labute approximate surface area is 205 Å². The smallest absolute Gasteiger partial charge is 0.242 e. The molecule has 178 valence electrons. The van der Waals surface area contributed by atoms with Gasteiger partial charge in [-0.25, -0.2) is 0 Å². The summed E-state index contributed by atoms with van der Waals surface area (Å²) in [6, 6.07) is 5.76. The number of thioether (sulfide) groups is 2. The Morgan fingerprint density at radius 2 is 1.61 bits per heavy atom. The molecule has 4 heterocycles. The molecule has 0 saturated carbocycles. The summed E-state index contributed by atoms with van der Waals surface area (Å²) >= 11 is 3.62. The van der Waals surface area contributed by atoms with E-state index in [9.17, 15) is 9.59 Å². The van der Waals surface area contributed by atoms with E-state index >= 15 is 0 Å². The molecular weight excluding hydrogens is 452 g/mol. The van der Waals surface area contributed by atoms with Gasteiger partial charge in [-0.1, -0.05) is 6.07 Å².